The van der Waals surface area contributed by atoms with E-state index < -0.39 is 32.8 Å². The molecule has 1 heterocycles. The van der Waals surface area contributed by atoms with Crippen molar-refractivity contribution in [1.29, 1.82) is 0 Å². The van der Waals surface area contributed by atoms with Crippen molar-refractivity contribution < 1.29 is 18.0 Å². The van der Waals surface area contributed by atoms with E-state index in [2.05, 4.69) is 21.9 Å². The monoisotopic (exact) mass is 403 g/mol. The number of amides is 2. The predicted molar refractivity (Wildman–Crippen MR) is 105 cm³/mol. The van der Waals surface area contributed by atoms with Crippen molar-refractivity contribution in [3.8, 4) is 0 Å². The zero-order chi connectivity index (χ0) is 19.9. The first-order valence-electron chi connectivity index (χ1n) is 9.64. The van der Waals surface area contributed by atoms with E-state index >= 15 is 0 Å². The van der Waals surface area contributed by atoms with Crippen LogP contribution in [0, 0.1) is 5.92 Å². The van der Waals surface area contributed by atoms with Gasteiger partial charge in [0.1, 0.15) is 5.54 Å². The van der Waals surface area contributed by atoms with Crippen LogP contribution in [0.4, 0.5) is 0 Å². The lowest BCUT2D eigenvalue weighted by atomic mass is 9.96. The number of nitrogens with one attached hydrogen (secondary N) is 3. The summed E-state index contributed by atoms with van der Waals surface area (Å²) in [6.45, 7) is 4.39. The summed E-state index contributed by atoms with van der Waals surface area (Å²) in [5.41, 5.74) is -0.0449. The van der Waals surface area contributed by atoms with Crippen LogP contribution in [0.3, 0.4) is 0 Å². The van der Waals surface area contributed by atoms with Gasteiger partial charge in [0, 0.05) is 12.5 Å². The van der Waals surface area contributed by atoms with Gasteiger partial charge in [-0.15, -0.1) is 6.58 Å². The van der Waals surface area contributed by atoms with Gasteiger partial charge in [-0.05, 0) is 37.2 Å². The van der Waals surface area contributed by atoms with E-state index in [4.69, 9.17) is 0 Å². The van der Waals surface area contributed by atoms with Gasteiger partial charge in [0.15, 0.2) is 0 Å². The summed E-state index contributed by atoms with van der Waals surface area (Å²) in [6.07, 6.45) is 3.73. The van der Waals surface area contributed by atoms with Crippen LogP contribution < -0.4 is 15.4 Å². The van der Waals surface area contributed by atoms with Crippen LogP contribution in [0.25, 0.3) is 0 Å². The topological polar surface area (TPSA) is 104 Å². The molecule has 3 fully saturated rings. The van der Waals surface area contributed by atoms with Gasteiger partial charge in [0.25, 0.3) is 5.91 Å². The number of carbonyl (C=O) groups excluding carboxylic acids is 2. The molecule has 3 N–H and O–H groups in total. The Morgan fingerprint density at radius 2 is 1.93 bits per heavy atom. The van der Waals surface area contributed by atoms with Gasteiger partial charge in [0.05, 0.1) is 11.3 Å². The molecule has 1 saturated heterocycles. The number of rotatable bonds is 7. The molecule has 0 spiro atoms. The Bertz CT molecular complexity index is 897. The smallest absolute Gasteiger partial charge is 0.259 e. The average molecular weight is 404 g/mol. The van der Waals surface area contributed by atoms with Crippen molar-refractivity contribution in [2.45, 2.75) is 48.4 Å². The van der Waals surface area contributed by atoms with Crippen molar-refractivity contribution in [1.82, 2.24) is 15.4 Å². The molecule has 3 aliphatic rings. The van der Waals surface area contributed by atoms with Crippen LogP contribution in [-0.2, 0) is 19.6 Å². The normalized spacial score (nSPS) is 31.8. The van der Waals surface area contributed by atoms with Crippen LogP contribution >= 0.6 is 0 Å². The Kier molecular flexibility index (Phi) is 4.79. The van der Waals surface area contributed by atoms with Gasteiger partial charge < -0.3 is 10.6 Å². The molecule has 0 aromatic heterocycles. The summed E-state index contributed by atoms with van der Waals surface area (Å²) in [6, 6.07) is 9.57. The number of benzene rings is 1. The van der Waals surface area contributed by atoms with Crippen molar-refractivity contribution in [2.75, 3.05) is 6.54 Å². The Morgan fingerprint density at radius 1 is 1.21 bits per heavy atom. The van der Waals surface area contributed by atoms with Crippen LogP contribution in [0.2, 0.25) is 0 Å². The molecule has 4 atom stereocenters. The summed E-state index contributed by atoms with van der Waals surface area (Å²) in [4.78, 5) is 25.5. The molecule has 1 aromatic rings. The Morgan fingerprint density at radius 3 is 2.54 bits per heavy atom. The molecular weight excluding hydrogens is 378 g/mol. The molecule has 4 rings (SSSR count). The highest BCUT2D eigenvalue weighted by Gasteiger charge is 2.61. The van der Waals surface area contributed by atoms with Crippen molar-refractivity contribution >= 4 is 21.8 Å². The van der Waals surface area contributed by atoms with Gasteiger partial charge in [0.2, 0.25) is 15.9 Å². The molecule has 0 unspecified atom stereocenters. The lowest BCUT2D eigenvalue weighted by Gasteiger charge is -2.21. The maximum absolute atomic E-state index is 12.8. The van der Waals surface area contributed by atoms with Crippen molar-refractivity contribution in [3.05, 3.63) is 48.6 Å². The molecule has 28 heavy (non-hydrogen) atoms. The minimum atomic E-state index is -3.66. The van der Waals surface area contributed by atoms with Gasteiger partial charge in [-0.25, -0.2) is 8.42 Å². The summed E-state index contributed by atoms with van der Waals surface area (Å²) >= 11 is 0. The van der Waals surface area contributed by atoms with E-state index in [9.17, 15) is 18.0 Å². The molecule has 1 aliphatic heterocycles. The summed E-state index contributed by atoms with van der Waals surface area (Å²) < 4.78 is 26.4. The quantitative estimate of drug-likeness (QED) is 0.584. The minimum Gasteiger partial charge on any atom is -0.340 e. The molecule has 0 bridgehead atoms. The second kappa shape index (κ2) is 7.00. The molecule has 8 heteroatoms. The van der Waals surface area contributed by atoms with E-state index in [1.807, 2.05) is 30.3 Å². The zero-order valence-corrected chi connectivity index (χ0v) is 16.4. The van der Waals surface area contributed by atoms with Crippen LogP contribution in [0.1, 0.15) is 37.2 Å². The first-order valence-corrected chi connectivity index (χ1v) is 11.2. The molecule has 2 aliphatic carbocycles. The van der Waals surface area contributed by atoms with E-state index in [0.717, 1.165) is 0 Å². The fraction of sp³-hybridized carbons (Fsp3) is 0.500. The SMILES string of the molecule is C=C[C@@H]1C[C@]1(NC(=O)[C@@H]1C[C@@H](c2ccccc2)CN1)C(=O)NS(=O)(=O)C1CC1. The molecular formula is C20H25N3O4S. The third kappa shape index (κ3) is 3.58. The lowest BCUT2D eigenvalue weighted by Crippen LogP contribution is -2.55. The summed E-state index contributed by atoms with van der Waals surface area (Å²) in [5, 5.41) is 5.54. The van der Waals surface area contributed by atoms with Crippen molar-refractivity contribution in [2.24, 2.45) is 5.92 Å². The molecule has 0 radical (unpaired) electrons. The van der Waals surface area contributed by atoms with E-state index in [1.165, 1.54) is 5.56 Å². The van der Waals surface area contributed by atoms with Gasteiger partial charge in [-0.3, -0.25) is 14.3 Å². The van der Waals surface area contributed by atoms with Gasteiger partial charge in [-0.2, -0.15) is 0 Å². The molecule has 2 amide bonds. The highest BCUT2D eigenvalue weighted by Crippen LogP contribution is 2.45. The summed E-state index contributed by atoms with van der Waals surface area (Å²) in [7, 11) is -3.66. The number of sulfonamides is 1. The zero-order valence-electron chi connectivity index (χ0n) is 15.6. The molecule has 2 saturated carbocycles. The highest BCUT2D eigenvalue weighted by molar-refractivity contribution is 7.91. The Labute approximate surface area is 165 Å². The second-order valence-corrected chi connectivity index (χ2v) is 9.95. The first-order chi connectivity index (χ1) is 13.4. The largest absolute Gasteiger partial charge is 0.340 e. The number of hydrogen-bond donors (Lipinski definition) is 3. The van der Waals surface area contributed by atoms with Crippen LogP contribution in [0.15, 0.2) is 43.0 Å². The van der Waals surface area contributed by atoms with Gasteiger partial charge >= 0.3 is 0 Å². The highest BCUT2D eigenvalue weighted by atomic mass is 32.2. The fourth-order valence-electron chi connectivity index (χ4n) is 3.94. The van der Waals surface area contributed by atoms with E-state index in [1.54, 1.807) is 6.08 Å². The maximum atomic E-state index is 12.8. The maximum Gasteiger partial charge on any atom is 0.259 e. The first kappa shape index (κ1) is 19.1. The third-order valence-electron chi connectivity index (χ3n) is 5.97. The van der Waals surface area contributed by atoms with Crippen molar-refractivity contribution in [3.63, 3.8) is 0 Å². The molecule has 7 nitrogen and oxygen atoms in total. The summed E-state index contributed by atoms with van der Waals surface area (Å²) in [5.74, 6) is -0.972. The number of carbonyl (C=O) groups is 2. The van der Waals surface area contributed by atoms with Crippen LogP contribution in [-0.4, -0.2) is 43.6 Å². The van der Waals surface area contributed by atoms with E-state index in [0.29, 0.717) is 32.2 Å². The number of hydrogen-bond acceptors (Lipinski definition) is 5. The fourth-order valence-corrected chi connectivity index (χ4v) is 5.30. The Balaban J connectivity index is 1.41. The standard InChI is InChI=1S/C20H25N3O4S/c1-2-15-11-20(15,19(25)23-28(26,27)16-8-9-16)22-18(24)17-10-14(12-21-17)13-6-4-3-5-7-13/h2-7,14-17,21H,1,8-12H2,(H,22,24)(H,23,25)/t14-,15-,17+,20-/m1/s1. The molecule has 1 aromatic carbocycles. The van der Waals surface area contributed by atoms with Crippen LogP contribution in [0.5, 0.6) is 0 Å². The van der Waals surface area contributed by atoms with E-state index in [-0.39, 0.29) is 17.7 Å². The molecule has 150 valence electrons. The second-order valence-electron chi connectivity index (χ2n) is 7.99. The third-order valence-corrected chi connectivity index (χ3v) is 7.79. The van der Waals surface area contributed by atoms with Gasteiger partial charge in [-0.1, -0.05) is 36.4 Å². The lowest BCUT2D eigenvalue weighted by molar-refractivity contribution is -0.130. The minimum absolute atomic E-state index is 0.228. The average Bonchev–Trinajstić information content (AvgIpc) is 3.59. The predicted octanol–water partition coefficient (Wildman–Crippen LogP) is 0.801. The Hall–Kier alpha value is -2.19.